The molecule has 7 heteroatoms. The van der Waals surface area contributed by atoms with Crippen molar-refractivity contribution in [2.75, 3.05) is 0 Å². The summed E-state index contributed by atoms with van der Waals surface area (Å²) in [4.78, 5) is 36.6. The van der Waals surface area contributed by atoms with Gasteiger partial charge in [0.1, 0.15) is 5.82 Å². The van der Waals surface area contributed by atoms with E-state index >= 15 is 0 Å². The molecule has 2 rings (SSSR count). The van der Waals surface area contributed by atoms with Crippen molar-refractivity contribution in [2.45, 2.75) is 13.0 Å². The lowest BCUT2D eigenvalue weighted by atomic mass is 10.1. The summed E-state index contributed by atoms with van der Waals surface area (Å²) in [7, 11) is 0. The number of nitrogens with zero attached hydrogens (tertiary/aromatic N) is 1. The van der Waals surface area contributed by atoms with E-state index in [-0.39, 0.29) is 28.8 Å². The molecule has 5 nitrogen and oxygen atoms in total. The number of carbonyl (C=O) groups excluding carboxylic acids is 1. The van der Waals surface area contributed by atoms with Gasteiger partial charge in [0.2, 0.25) is 0 Å². The summed E-state index contributed by atoms with van der Waals surface area (Å²) >= 11 is 2.97. The Morgan fingerprint density at radius 1 is 1.30 bits per heavy atom. The average molecular weight is 341 g/mol. The predicted molar refractivity (Wildman–Crippen MR) is 74.1 cm³/mol. The smallest absolute Gasteiger partial charge is 0.297 e. The SMILES string of the molecule is O=C(Cc1ccccc1F)Cn1cc(Br)c(=O)[nH]c1=O. The van der Waals surface area contributed by atoms with E-state index in [1.54, 1.807) is 6.07 Å². The van der Waals surface area contributed by atoms with Crippen LogP contribution in [0.1, 0.15) is 5.56 Å². The number of benzene rings is 1. The van der Waals surface area contributed by atoms with E-state index in [0.29, 0.717) is 0 Å². The van der Waals surface area contributed by atoms with Crippen molar-refractivity contribution in [3.63, 3.8) is 0 Å². The second-order valence-electron chi connectivity index (χ2n) is 4.17. The number of nitrogens with one attached hydrogen (secondary N) is 1. The van der Waals surface area contributed by atoms with E-state index < -0.39 is 17.1 Å². The van der Waals surface area contributed by atoms with Crippen LogP contribution in [-0.2, 0) is 17.8 Å². The highest BCUT2D eigenvalue weighted by Crippen LogP contribution is 2.08. The molecule has 0 atom stereocenters. The maximum Gasteiger partial charge on any atom is 0.328 e. The Labute approximate surface area is 121 Å². The van der Waals surface area contributed by atoms with Crippen molar-refractivity contribution in [3.8, 4) is 0 Å². The van der Waals surface area contributed by atoms with Gasteiger partial charge in [0.25, 0.3) is 5.56 Å². The fourth-order valence-electron chi connectivity index (χ4n) is 1.70. The number of carbonyl (C=O) groups is 1. The van der Waals surface area contributed by atoms with Gasteiger partial charge in [-0.05, 0) is 27.6 Å². The molecule has 0 radical (unpaired) electrons. The molecule has 1 aromatic heterocycles. The molecule has 0 amide bonds. The molecule has 0 saturated heterocycles. The molecule has 0 aliphatic heterocycles. The summed E-state index contributed by atoms with van der Waals surface area (Å²) in [6.45, 7) is -0.234. The number of halogens is 2. The molecule has 0 aliphatic rings. The van der Waals surface area contributed by atoms with Crippen LogP contribution in [0.25, 0.3) is 0 Å². The van der Waals surface area contributed by atoms with E-state index in [2.05, 4.69) is 20.9 Å². The molecule has 0 spiro atoms. The third kappa shape index (κ3) is 3.30. The van der Waals surface area contributed by atoms with Crippen LogP contribution in [0.15, 0.2) is 44.5 Å². The topological polar surface area (TPSA) is 71.9 Å². The zero-order chi connectivity index (χ0) is 14.7. The summed E-state index contributed by atoms with van der Waals surface area (Å²) < 4.78 is 14.6. The summed E-state index contributed by atoms with van der Waals surface area (Å²) in [6, 6.07) is 5.95. The quantitative estimate of drug-likeness (QED) is 0.910. The Hall–Kier alpha value is -2.02. The summed E-state index contributed by atoms with van der Waals surface area (Å²) in [5.74, 6) is -0.799. The Balaban J connectivity index is 2.17. The van der Waals surface area contributed by atoms with Crippen LogP contribution in [0.5, 0.6) is 0 Å². The fraction of sp³-hybridized carbons (Fsp3) is 0.154. The molecule has 0 saturated carbocycles. The summed E-state index contributed by atoms with van der Waals surface area (Å²) in [5, 5.41) is 0. The minimum absolute atomic E-state index is 0.115. The van der Waals surface area contributed by atoms with Gasteiger partial charge in [0, 0.05) is 12.6 Å². The Morgan fingerprint density at radius 3 is 2.70 bits per heavy atom. The van der Waals surface area contributed by atoms with Gasteiger partial charge in [-0.2, -0.15) is 0 Å². The van der Waals surface area contributed by atoms with Gasteiger partial charge in [-0.15, -0.1) is 0 Å². The lowest BCUT2D eigenvalue weighted by molar-refractivity contribution is -0.119. The van der Waals surface area contributed by atoms with Crippen LogP contribution in [0.2, 0.25) is 0 Å². The van der Waals surface area contributed by atoms with Crippen molar-refractivity contribution in [1.29, 1.82) is 0 Å². The van der Waals surface area contributed by atoms with E-state index in [4.69, 9.17) is 0 Å². The van der Waals surface area contributed by atoms with Crippen LogP contribution in [-0.4, -0.2) is 15.3 Å². The van der Waals surface area contributed by atoms with E-state index in [1.807, 2.05) is 0 Å². The maximum absolute atomic E-state index is 13.4. The zero-order valence-electron chi connectivity index (χ0n) is 10.2. The van der Waals surface area contributed by atoms with E-state index in [1.165, 1.54) is 24.4 Å². The van der Waals surface area contributed by atoms with Gasteiger partial charge in [-0.3, -0.25) is 19.1 Å². The monoisotopic (exact) mass is 340 g/mol. The van der Waals surface area contributed by atoms with Crippen molar-refractivity contribution < 1.29 is 9.18 Å². The molecule has 2 aromatic rings. The maximum atomic E-state index is 13.4. The zero-order valence-corrected chi connectivity index (χ0v) is 11.8. The molecule has 104 valence electrons. The van der Waals surface area contributed by atoms with Crippen molar-refractivity contribution in [2.24, 2.45) is 0 Å². The number of hydrogen-bond acceptors (Lipinski definition) is 3. The molecule has 20 heavy (non-hydrogen) atoms. The lowest BCUT2D eigenvalue weighted by Gasteiger charge is -2.05. The van der Waals surface area contributed by atoms with Crippen LogP contribution < -0.4 is 11.2 Å². The highest BCUT2D eigenvalue weighted by atomic mass is 79.9. The van der Waals surface area contributed by atoms with Gasteiger partial charge in [-0.25, -0.2) is 9.18 Å². The third-order valence-corrected chi connectivity index (χ3v) is 3.22. The number of rotatable bonds is 4. The average Bonchev–Trinajstić information content (AvgIpc) is 2.39. The van der Waals surface area contributed by atoms with Crippen molar-refractivity contribution in [1.82, 2.24) is 9.55 Å². The van der Waals surface area contributed by atoms with Gasteiger partial charge in [0.15, 0.2) is 5.78 Å². The number of hydrogen-bond donors (Lipinski definition) is 1. The molecular formula is C13H10BrFN2O3. The summed E-state index contributed by atoms with van der Waals surface area (Å²) in [5.41, 5.74) is -0.970. The van der Waals surface area contributed by atoms with E-state index in [0.717, 1.165) is 4.57 Å². The fourth-order valence-corrected chi connectivity index (χ4v) is 2.05. The van der Waals surface area contributed by atoms with Crippen molar-refractivity contribution in [3.05, 3.63) is 67.2 Å². The van der Waals surface area contributed by atoms with Crippen LogP contribution in [0.4, 0.5) is 4.39 Å². The summed E-state index contributed by atoms with van der Waals surface area (Å²) in [6.07, 6.45) is 1.12. The molecule has 0 bridgehead atoms. The predicted octanol–water partition coefficient (Wildman–Crippen LogP) is 1.25. The van der Waals surface area contributed by atoms with Crippen LogP contribution in [0.3, 0.4) is 0 Å². The minimum atomic E-state index is -0.680. The standard InChI is InChI=1S/C13H10BrFN2O3/c14-10-7-17(13(20)16-12(10)19)6-9(18)5-8-3-1-2-4-11(8)15/h1-4,7H,5-6H2,(H,16,19,20). The largest absolute Gasteiger partial charge is 0.328 e. The molecular weight excluding hydrogens is 331 g/mol. The van der Waals surface area contributed by atoms with Crippen LogP contribution in [0, 0.1) is 5.82 Å². The number of aromatic amines is 1. The first-order chi connectivity index (χ1) is 9.47. The molecule has 0 aliphatic carbocycles. The number of Topliss-reactive ketones (excluding diaryl/α,β-unsaturated/α-hetero) is 1. The van der Waals surface area contributed by atoms with Gasteiger partial charge in [0.05, 0.1) is 11.0 Å². The number of H-pyrrole nitrogens is 1. The Kier molecular flexibility index (Phi) is 4.29. The first-order valence-corrected chi connectivity index (χ1v) is 6.51. The Bertz CT molecular complexity index is 767. The lowest BCUT2D eigenvalue weighted by Crippen LogP contribution is -2.32. The first kappa shape index (κ1) is 14.4. The Morgan fingerprint density at radius 2 is 2.00 bits per heavy atom. The molecule has 1 N–H and O–H groups in total. The highest BCUT2D eigenvalue weighted by Gasteiger charge is 2.10. The third-order valence-electron chi connectivity index (χ3n) is 2.66. The number of ketones is 1. The minimum Gasteiger partial charge on any atom is -0.297 e. The molecule has 0 unspecified atom stereocenters. The molecule has 1 heterocycles. The van der Waals surface area contributed by atoms with Gasteiger partial charge in [-0.1, -0.05) is 18.2 Å². The first-order valence-electron chi connectivity index (χ1n) is 5.72. The molecule has 0 fully saturated rings. The van der Waals surface area contributed by atoms with Gasteiger partial charge >= 0.3 is 5.69 Å². The van der Waals surface area contributed by atoms with E-state index in [9.17, 15) is 18.8 Å². The van der Waals surface area contributed by atoms with Gasteiger partial charge < -0.3 is 0 Å². The second-order valence-corrected chi connectivity index (χ2v) is 5.03. The normalized spacial score (nSPS) is 10.5. The number of aromatic nitrogens is 2. The highest BCUT2D eigenvalue weighted by molar-refractivity contribution is 9.10. The van der Waals surface area contributed by atoms with Crippen LogP contribution >= 0.6 is 15.9 Å². The second kappa shape index (κ2) is 5.96. The molecule has 1 aromatic carbocycles. The van der Waals surface area contributed by atoms with Crippen molar-refractivity contribution >= 4 is 21.7 Å².